The van der Waals surface area contributed by atoms with Crippen LogP contribution < -0.4 is 5.32 Å². The van der Waals surface area contributed by atoms with Crippen molar-refractivity contribution in [1.29, 1.82) is 0 Å². The van der Waals surface area contributed by atoms with Crippen LogP contribution in [0.15, 0.2) is 0 Å². The summed E-state index contributed by atoms with van der Waals surface area (Å²) in [6.07, 6.45) is 0. The van der Waals surface area contributed by atoms with Crippen molar-refractivity contribution in [1.82, 2.24) is 9.24 Å². The van der Waals surface area contributed by atoms with Gasteiger partial charge in [0.15, 0.2) is 0 Å². The molecular formula is C3H3BrN2NaO2. The van der Waals surface area contributed by atoms with Gasteiger partial charge in [-0.05, 0) is 0 Å². The van der Waals surface area contributed by atoms with E-state index >= 15 is 0 Å². The summed E-state index contributed by atoms with van der Waals surface area (Å²) in [5.74, 6) is -0.255. The molecule has 0 atom stereocenters. The summed E-state index contributed by atoms with van der Waals surface area (Å²) in [7, 11) is 0. The monoisotopic (exact) mass is 201 g/mol. The Labute approximate surface area is 82.6 Å². The normalized spacial score (nSPS) is 17.2. The van der Waals surface area contributed by atoms with Crippen LogP contribution in [0.2, 0.25) is 0 Å². The van der Waals surface area contributed by atoms with Crippen molar-refractivity contribution in [2.24, 2.45) is 0 Å². The van der Waals surface area contributed by atoms with Gasteiger partial charge in [0.2, 0.25) is 0 Å². The van der Waals surface area contributed by atoms with Gasteiger partial charge in [0.25, 0.3) is 5.91 Å². The molecule has 0 aromatic heterocycles. The maximum absolute atomic E-state index is 10.4. The Hall–Kier alpha value is 0.420. The fraction of sp³-hybridized carbons (Fsp3) is 0.333. The van der Waals surface area contributed by atoms with E-state index in [0.717, 1.165) is 3.93 Å². The fourth-order valence-electron chi connectivity index (χ4n) is 0.403. The topological polar surface area (TPSA) is 49.4 Å². The maximum Gasteiger partial charge on any atom is 0.334 e. The molecule has 1 saturated heterocycles. The van der Waals surface area contributed by atoms with E-state index in [-0.39, 0.29) is 42.0 Å². The Balaban J connectivity index is 0.000000640. The van der Waals surface area contributed by atoms with Gasteiger partial charge in [-0.25, -0.2) is 4.79 Å². The van der Waals surface area contributed by atoms with Crippen molar-refractivity contribution in [2.75, 3.05) is 6.54 Å². The van der Waals surface area contributed by atoms with E-state index in [0.29, 0.717) is 0 Å². The van der Waals surface area contributed by atoms with Crippen molar-refractivity contribution in [3.63, 3.8) is 0 Å². The zero-order chi connectivity index (χ0) is 6.15. The van der Waals surface area contributed by atoms with Crippen LogP contribution in [0.5, 0.6) is 0 Å². The van der Waals surface area contributed by atoms with Crippen molar-refractivity contribution in [2.45, 2.75) is 0 Å². The van der Waals surface area contributed by atoms with Crippen molar-refractivity contribution < 1.29 is 9.59 Å². The van der Waals surface area contributed by atoms with Crippen LogP contribution in [0.1, 0.15) is 0 Å². The third kappa shape index (κ3) is 1.93. The van der Waals surface area contributed by atoms with Gasteiger partial charge in [0, 0.05) is 29.6 Å². The van der Waals surface area contributed by atoms with Gasteiger partial charge in [-0.1, -0.05) is 0 Å². The standard InChI is InChI=1S/C3H3BrN2O2.Na/c4-6-2(7)1-5-3(6)8;/h1H2,(H,5,8);. The first-order chi connectivity index (χ1) is 3.72. The summed E-state index contributed by atoms with van der Waals surface area (Å²) in [5.41, 5.74) is 0. The smallest absolute Gasteiger partial charge is 0.328 e. The number of rotatable bonds is 0. The number of imide groups is 1. The summed E-state index contributed by atoms with van der Waals surface area (Å²) in [4.78, 5) is 20.7. The molecule has 1 N–H and O–H groups in total. The first-order valence-electron chi connectivity index (χ1n) is 1.98. The predicted octanol–water partition coefficient (Wildman–Crippen LogP) is -0.533. The molecule has 6 heteroatoms. The van der Waals surface area contributed by atoms with Gasteiger partial charge in [0.1, 0.15) is 6.54 Å². The Morgan fingerprint density at radius 2 is 2.11 bits per heavy atom. The molecule has 1 aliphatic rings. The van der Waals surface area contributed by atoms with Crippen LogP contribution in [-0.4, -0.2) is 52.0 Å². The SMILES string of the molecule is O=C1CNC(=O)N1Br.[Na]. The quantitative estimate of drug-likeness (QED) is 0.326. The molecule has 4 nitrogen and oxygen atoms in total. The molecule has 0 unspecified atom stereocenters. The van der Waals surface area contributed by atoms with Crippen LogP contribution in [-0.2, 0) is 4.79 Å². The number of hydrogen-bond donors (Lipinski definition) is 1. The van der Waals surface area contributed by atoms with Crippen LogP contribution in [0, 0.1) is 0 Å². The van der Waals surface area contributed by atoms with Crippen molar-refractivity contribution in [3.05, 3.63) is 0 Å². The van der Waals surface area contributed by atoms with E-state index in [2.05, 4.69) is 21.5 Å². The number of hydrogen-bond acceptors (Lipinski definition) is 2. The largest absolute Gasteiger partial charge is 0.334 e. The molecule has 0 aliphatic carbocycles. The average molecular weight is 202 g/mol. The van der Waals surface area contributed by atoms with E-state index in [1.54, 1.807) is 0 Å². The molecule has 0 aromatic carbocycles. The van der Waals surface area contributed by atoms with Crippen LogP contribution in [0.25, 0.3) is 0 Å². The zero-order valence-corrected chi connectivity index (χ0v) is 8.43. The second-order valence-electron chi connectivity index (χ2n) is 1.33. The molecule has 3 amide bonds. The Bertz CT molecular complexity index is 135. The van der Waals surface area contributed by atoms with Crippen LogP contribution >= 0.6 is 16.1 Å². The van der Waals surface area contributed by atoms with Gasteiger partial charge in [0.05, 0.1) is 16.1 Å². The number of nitrogens with zero attached hydrogens (tertiary/aromatic N) is 1. The molecule has 1 rings (SSSR count). The molecule has 1 radical (unpaired) electrons. The van der Waals surface area contributed by atoms with Crippen molar-refractivity contribution >= 4 is 57.6 Å². The summed E-state index contributed by atoms with van der Waals surface area (Å²) >= 11 is 2.74. The van der Waals surface area contributed by atoms with E-state index < -0.39 is 6.03 Å². The van der Waals surface area contributed by atoms with E-state index in [4.69, 9.17) is 0 Å². The van der Waals surface area contributed by atoms with E-state index in [9.17, 15) is 9.59 Å². The predicted molar refractivity (Wildman–Crippen MR) is 34.9 cm³/mol. The third-order valence-electron chi connectivity index (χ3n) is 0.788. The Morgan fingerprint density at radius 3 is 2.22 bits per heavy atom. The van der Waals surface area contributed by atoms with Gasteiger partial charge < -0.3 is 5.32 Å². The zero-order valence-electron chi connectivity index (χ0n) is 4.85. The molecule has 0 bridgehead atoms. The number of carbonyl (C=O) groups excluding carboxylic acids is 2. The first kappa shape index (κ1) is 9.42. The number of amides is 3. The minimum absolute atomic E-state index is 0. The minimum Gasteiger partial charge on any atom is -0.328 e. The molecule has 0 aromatic rings. The molecule has 45 valence electrons. The molecular weight excluding hydrogens is 199 g/mol. The molecule has 1 fully saturated rings. The number of urea groups is 1. The molecule has 0 saturated carbocycles. The summed E-state index contributed by atoms with van der Waals surface area (Å²) in [5, 5.41) is 2.31. The van der Waals surface area contributed by atoms with Crippen LogP contribution in [0.4, 0.5) is 4.79 Å². The van der Waals surface area contributed by atoms with Gasteiger partial charge >= 0.3 is 6.03 Å². The van der Waals surface area contributed by atoms with Crippen LogP contribution in [0.3, 0.4) is 0 Å². The van der Waals surface area contributed by atoms with Crippen molar-refractivity contribution in [3.8, 4) is 0 Å². The second-order valence-corrected chi connectivity index (χ2v) is 2.04. The summed E-state index contributed by atoms with van der Waals surface area (Å²) < 4.78 is 0.868. The number of nitrogens with one attached hydrogen (secondary N) is 1. The van der Waals surface area contributed by atoms with Gasteiger partial charge in [-0.2, -0.15) is 3.93 Å². The Kier molecular flexibility index (Phi) is 3.72. The summed E-state index contributed by atoms with van der Waals surface area (Å²) in [6, 6.07) is -0.394. The fourth-order valence-corrected chi connectivity index (χ4v) is 0.654. The first-order valence-corrected chi connectivity index (χ1v) is 2.69. The van der Waals surface area contributed by atoms with Gasteiger partial charge in [-0.3, -0.25) is 4.79 Å². The average Bonchev–Trinajstić information content (AvgIpc) is 1.98. The molecule has 1 aliphatic heterocycles. The van der Waals surface area contributed by atoms with Gasteiger partial charge in [-0.15, -0.1) is 0 Å². The number of carbonyl (C=O) groups is 2. The summed E-state index contributed by atoms with van der Waals surface area (Å²) in [6.45, 7) is 0.101. The molecule has 1 heterocycles. The minimum atomic E-state index is -0.394. The molecule has 9 heavy (non-hydrogen) atoms. The second kappa shape index (κ2) is 3.55. The third-order valence-corrected chi connectivity index (χ3v) is 1.51. The van der Waals surface area contributed by atoms with E-state index in [1.807, 2.05) is 0 Å². The maximum atomic E-state index is 10.4. The Morgan fingerprint density at radius 1 is 1.56 bits per heavy atom. The molecule has 0 spiro atoms. The number of halogens is 1. The van der Waals surface area contributed by atoms with E-state index in [1.165, 1.54) is 0 Å².